The predicted octanol–water partition coefficient (Wildman–Crippen LogP) is 2.72. The standard InChI is InChI=1S/C17H20N2O5S/c1-9-16(25-10(2)18-9)17(22)19-12(8-15(20)21)11-5-6-13(23-3)14(7-11)24-4/h5-7,12H,8H2,1-4H3,(H,19,22)(H,20,21)/t12-/m1/s1. The molecule has 1 aromatic heterocycles. The van der Waals surface area contributed by atoms with E-state index in [1.165, 1.54) is 25.6 Å². The molecule has 134 valence electrons. The molecular weight excluding hydrogens is 344 g/mol. The van der Waals surface area contributed by atoms with Crippen LogP contribution in [0.1, 0.15) is 38.4 Å². The largest absolute Gasteiger partial charge is 0.493 e. The molecule has 0 spiro atoms. The van der Waals surface area contributed by atoms with E-state index >= 15 is 0 Å². The molecule has 0 unspecified atom stereocenters. The molecule has 8 heteroatoms. The number of carboxylic acid groups (broad SMARTS) is 1. The van der Waals surface area contributed by atoms with Gasteiger partial charge in [0.15, 0.2) is 11.5 Å². The highest BCUT2D eigenvalue weighted by atomic mass is 32.1. The zero-order valence-corrected chi connectivity index (χ0v) is 15.3. The van der Waals surface area contributed by atoms with Gasteiger partial charge < -0.3 is 19.9 Å². The van der Waals surface area contributed by atoms with Gasteiger partial charge in [-0.3, -0.25) is 9.59 Å². The lowest BCUT2D eigenvalue weighted by atomic mass is 10.0. The van der Waals surface area contributed by atoms with Crippen molar-refractivity contribution in [3.63, 3.8) is 0 Å². The third-order valence-corrected chi connectivity index (χ3v) is 4.68. The van der Waals surface area contributed by atoms with Gasteiger partial charge in [-0.15, -0.1) is 11.3 Å². The van der Waals surface area contributed by atoms with Crippen LogP contribution in [0.2, 0.25) is 0 Å². The van der Waals surface area contributed by atoms with Gasteiger partial charge in [-0.2, -0.15) is 0 Å². The fourth-order valence-corrected chi connectivity index (χ4v) is 3.29. The summed E-state index contributed by atoms with van der Waals surface area (Å²) in [6.07, 6.45) is -0.252. The van der Waals surface area contributed by atoms with Gasteiger partial charge in [-0.25, -0.2) is 4.98 Å². The molecule has 0 fully saturated rings. The Hall–Kier alpha value is -2.61. The Morgan fingerprint density at radius 3 is 2.44 bits per heavy atom. The molecule has 1 aromatic carbocycles. The summed E-state index contributed by atoms with van der Waals surface area (Å²) in [4.78, 5) is 28.5. The van der Waals surface area contributed by atoms with Gasteiger partial charge >= 0.3 is 5.97 Å². The van der Waals surface area contributed by atoms with E-state index in [1.807, 2.05) is 6.92 Å². The number of benzene rings is 1. The van der Waals surface area contributed by atoms with Crippen molar-refractivity contribution >= 4 is 23.2 Å². The van der Waals surface area contributed by atoms with Gasteiger partial charge in [0, 0.05) is 0 Å². The van der Waals surface area contributed by atoms with Crippen LogP contribution >= 0.6 is 11.3 Å². The number of nitrogens with zero attached hydrogens (tertiary/aromatic N) is 1. The van der Waals surface area contributed by atoms with Crippen molar-refractivity contribution in [1.82, 2.24) is 10.3 Å². The summed E-state index contributed by atoms with van der Waals surface area (Å²) < 4.78 is 10.4. The van der Waals surface area contributed by atoms with Crippen LogP contribution in [0.3, 0.4) is 0 Å². The van der Waals surface area contributed by atoms with Crippen molar-refractivity contribution in [3.8, 4) is 11.5 Å². The van der Waals surface area contributed by atoms with Gasteiger partial charge in [-0.1, -0.05) is 6.07 Å². The number of rotatable bonds is 7. The normalized spacial score (nSPS) is 11.7. The SMILES string of the molecule is COc1ccc([C@@H](CC(=O)O)NC(=O)c2sc(C)nc2C)cc1OC. The van der Waals surface area contributed by atoms with Gasteiger partial charge in [0.25, 0.3) is 5.91 Å². The summed E-state index contributed by atoms with van der Waals surface area (Å²) in [7, 11) is 3.01. The molecule has 0 saturated carbocycles. The van der Waals surface area contributed by atoms with E-state index in [9.17, 15) is 14.7 Å². The monoisotopic (exact) mass is 364 g/mol. The van der Waals surface area contributed by atoms with E-state index in [1.54, 1.807) is 25.1 Å². The number of carbonyl (C=O) groups is 2. The molecule has 2 N–H and O–H groups in total. The Bertz CT molecular complexity index is 787. The number of carbonyl (C=O) groups excluding carboxylic acids is 1. The molecule has 0 bridgehead atoms. The number of methoxy groups -OCH3 is 2. The first-order valence-electron chi connectivity index (χ1n) is 7.54. The number of nitrogens with one attached hydrogen (secondary N) is 1. The van der Waals surface area contributed by atoms with E-state index in [-0.39, 0.29) is 12.3 Å². The number of hydrogen-bond donors (Lipinski definition) is 2. The van der Waals surface area contributed by atoms with Crippen LogP contribution in [-0.4, -0.2) is 36.2 Å². The minimum Gasteiger partial charge on any atom is -0.493 e. The maximum absolute atomic E-state index is 12.5. The highest BCUT2D eigenvalue weighted by molar-refractivity contribution is 7.13. The van der Waals surface area contributed by atoms with Crippen LogP contribution in [0, 0.1) is 13.8 Å². The average molecular weight is 364 g/mol. The summed E-state index contributed by atoms with van der Waals surface area (Å²) in [5.74, 6) is -0.364. The summed E-state index contributed by atoms with van der Waals surface area (Å²) >= 11 is 1.28. The Kier molecular flexibility index (Phi) is 5.97. The van der Waals surface area contributed by atoms with Crippen molar-refractivity contribution in [3.05, 3.63) is 39.3 Å². The highest BCUT2D eigenvalue weighted by Gasteiger charge is 2.22. The highest BCUT2D eigenvalue weighted by Crippen LogP contribution is 2.31. The van der Waals surface area contributed by atoms with Crippen molar-refractivity contribution < 1.29 is 24.2 Å². The van der Waals surface area contributed by atoms with Crippen LogP contribution in [-0.2, 0) is 4.79 Å². The minimum atomic E-state index is -1.02. The van der Waals surface area contributed by atoms with E-state index in [0.29, 0.717) is 27.6 Å². The summed E-state index contributed by atoms with van der Waals surface area (Å²) in [5.41, 5.74) is 1.24. The van der Waals surface area contributed by atoms with Crippen molar-refractivity contribution in [1.29, 1.82) is 0 Å². The number of amides is 1. The lowest BCUT2D eigenvalue weighted by Gasteiger charge is -2.19. The third kappa shape index (κ3) is 4.48. The number of aryl methyl sites for hydroxylation is 2. The zero-order chi connectivity index (χ0) is 18.6. The molecule has 0 aliphatic heterocycles. The molecule has 0 aliphatic rings. The molecule has 0 aliphatic carbocycles. The minimum absolute atomic E-state index is 0.252. The van der Waals surface area contributed by atoms with Crippen molar-refractivity contribution in [2.45, 2.75) is 26.3 Å². The van der Waals surface area contributed by atoms with E-state index in [2.05, 4.69) is 10.3 Å². The molecule has 2 aromatic rings. The van der Waals surface area contributed by atoms with Gasteiger partial charge in [0.1, 0.15) is 4.88 Å². The number of carboxylic acids is 1. The van der Waals surface area contributed by atoms with Crippen LogP contribution in [0.5, 0.6) is 11.5 Å². The van der Waals surface area contributed by atoms with Gasteiger partial charge in [0.05, 0.1) is 37.4 Å². The molecule has 1 atom stereocenters. The first-order chi connectivity index (χ1) is 11.8. The second kappa shape index (κ2) is 7.98. The first kappa shape index (κ1) is 18.7. The first-order valence-corrected chi connectivity index (χ1v) is 8.36. The summed E-state index contributed by atoms with van der Waals surface area (Å²) in [6.45, 7) is 3.57. The van der Waals surface area contributed by atoms with E-state index in [4.69, 9.17) is 9.47 Å². The van der Waals surface area contributed by atoms with Crippen LogP contribution < -0.4 is 14.8 Å². The lowest BCUT2D eigenvalue weighted by molar-refractivity contribution is -0.137. The molecular formula is C17H20N2O5S. The molecule has 2 rings (SSSR count). The third-order valence-electron chi connectivity index (χ3n) is 3.60. The van der Waals surface area contributed by atoms with Gasteiger partial charge in [0.2, 0.25) is 0 Å². The molecule has 1 amide bonds. The van der Waals surface area contributed by atoms with Gasteiger partial charge in [-0.05, 0) is 31.5 Å². The lowest BCUT2D eigenvalue weighted by Crippen LogP contribution is -2.30. The summed E-state index contributed by atoms with van der Waals surface area (Å²) in [5, 5.41) is 12.8. The Labute approximate surface area is 149 Å². The molecule has 0 saturated heterocycles. The number of aliphatic carboxylic acids is 1. The number of thiazole rings is 1. The molecule has 25 heavy (non-hydrogen) atoms. The van der Waals surface area contributed by atoms with Crippen molar-refractivity contribution in [2.75, 3.05) is 14.2 Å². The average Bonchev–Trinajstić information content (AvgIpc) is 2.91. The Morgan fingerprint density at radius 2 is 1.92 bits per heavy atom. The van der Waals surface area contributed by atoms with E-state index < -0.39 is 12.0 Å². The second-order valence-electron chi connectivity index (χ2n) is 5.39. The maximum Gasteiger partial charge on any atom is 0.305 e. The zero-order valence-electron chi connectivity index (χ0n) is 14.5. The van der Waals surface area contributed by atoms with Crippen LogP contribution in [0.4, 0.5) is 0 Å². The number of hydrogen-bond acceptors (Lipinski definition) is 6. The summed E-state index contributed by atoms with van der Waals surface area (Å²) in [6, 6.07) is 4.35. The maximum atomic E-state index is 12.5. The predicted molar refractivity (Wildman–Crippen MR) is 93.6 cm³/mol. The van der Waals surface area contributed by atoms with Crippen LogP contribution in [0.25, 0.3) is 0 Å². The van der Waals surface area contributed by atoms with Crippen LogP contribution in [0.15, 0.2) is 18.2 Å². The molecule has 7 nitrogen and oxygen atoms in total. The Morgan fingerprint density at radius 1 is 1.24 bits per heavy atom. The topological polar surface area (TPSA) is 97.8 Å². The molecule has 0 radical (unpaired) electrons. The Balaban J connectivity index is 2.31. The fourth-order valence-electron chi connectivity index (χ4n) is 2.46. The second-order valence-corrected chi connectivity index (χ2v) is 6.59. The van der Waals surface area contributed by atoms with E-state index in [0.717, 1.165) is 5.01 Å². The number of ether oxygens (including phenoxy) is 2. The fraction of sp³-hybridized carbons (Fsp3) is 0.353. The number of aromatic nitrogens is 1. The smallest absolute Gasteiger partial charge is 0.305 e. The van der Waals surface area contributed by atoms with Crippen molar-refractivity contribution in [2.24, 2.45) is 0 Å². The quantitative estimate of drug-likeness (QED) is 0.784. The molecule has 1 heterocycles.